The second kappa shape index (κ2) is 14.8. The first-order valence-electron chi connectivity index (χ1n) is 7.15. The van der Waals surface area contributed by atoms with Crippen LogP contribution in [0.3, 0.4) is 0 Å². The van der Waals surface area contributed by atoms with Crippen LogP contribution in [-0.4, -0.2) is 38.5 Å². The number of rotatable bonds is 7. The molecule has 1 atom stereocenters. The lowest BCUT2D eigenvalue weighted by molar-refractivity contribution is -0.872. The number of unbranched alkanes of at least 4 members (excludes halogenated alkanes) is 1. The third-order valence-electron chi connectivity index (χ3n) is 2.40. The molecule has 3 nitrogen and oxygen atoms in total. The Kier molecular flexibility index (Phi) is 16.0. The largest absolute Gasteiger partial charge is 1.00 e. The SMILES string of the molecule is CCCCOCC(C)O.C[NH+](C)Cc1ccccc1.[Cl-]. The second-order valence-electron chi connectivity index (χ2n) is 5.15. The van der Waals surface area contributed by atoms with Gasteiger partial charge in [-0.25, -0.2) is 0 Å². The maximum atomic E-state index is 8.73. The first-order chi connectivity index (χ1) is 9.06. The lowest BCUT2D eigenvalue weighted by Crippen LogP contribution is -3.04. The van der Waals surface area contributed by atoms with Gasteiger partial charge in [0.2, 0.25) is 0 Å². The Morgan fingerprint density at radius 3 is 2.25 bits per heavy atom. The van der Waals surface area contributed by atoms with Crippen molar-refractivity contribution in [2.75, 3.05) is 27.3 Å². The maximum absolute atomic E-state index is 8.73. The van der Waals surface area contributed by atoms with Gasteiger partial charge >= 0.3 is 0 Å². The minimum atomic E-state index is -0.318. The zero-order chi connectivity index (χ0) is 14.5. The Morgan fingerprint density at radius 1 is 1.20 bits per heavy atom. The highest BCUT2D eigenvalue weighted by molar-refractivity contribution is 5.12. The predicted octanol–water partition coefficient (Wildman–Crippen LogP) is -1.48. The van der Waals surface area contributed by atoms with Crippen LogP contribution >= 0.6 is 0 Å². The highest BCUT2D eigenvalue weighted by atomic mass is 35.5. The van der Waals surface area contributed by atoms with Crippen molar-refractivity contribution in [3.63, 3.8) is 0 Å². The van der Waals surface area contributed by atoms with Crippen molar-refractivity contribution in [2.24, 2.45) is 0 Å². The van der Waals surface area contributed by atoms with Gasteiger partial charge in [-0.3, -0.25) is 0 Å². The van der Waals surface area contributed by atoms with Gasteiger partial charge in [-0.1, -0.05) is 43.7 Å². The summed E-state index contributed by atoms with van der Waals surface area (Å²) in [5.74, 6) is 0. The van der Waals surface area contributed by atoms with Gasteiger partial charge in [0.25, 0.3) is 0 Å². The van der Waals surface area contributed by atoms with Crippen LogP contribution in [0.25, 0.3) is 0 Å². The monoisotopic (exact) mass is 303 g/mol. The fraction of sp³-hybridized carbons (Fsp3) is 0.625. The van der Waals surface area contributed by atoms with Crippen molar-refractivity contribution < 1.29 is 27.2 Å². The molecule has 0 amide bonds. The van der Waals surface area contributed by atoms with Gasteiger partial charge in [0, 0.05) is 12.2 Å². The quantitative estimate of drug-likeness (QED) is 0.603. The lowest BCUT2D eigenvalue weighted by Gasteiger charge is -2.05. The summed E-state index contributed by atoms with van der Waals surface area (Å²) in [5.41, 5.74) is 1.41. The summed E-state index contributed by atoms with van der Waals surface area (Å²) in [7, 11) is 4.32. The molecule has 0 spiro atoms. The molecule has 1 rings (SSSR count). The minimum Gasteiger partial charge on any atom is -1.00 e. The normalized spacial score (nSPS) is 11.3. The molecule has 2 N–H and O–H groups in total. The van der Waals surface area contributed by atoms with Crippen LogP contribution in [0.4, 0.5) is 0 Å². The van der Waals surface area contributed by atoms with Crippen molar-refractivity contribution >= 4 is 0 Å². The number of aliphatic hydroxyl groups excluding tert-OH is 1. The van der Waals surface area contributed by atoms with E-state index in [0.717, 1.165) is 26.0 Å². The molecule has 20 heavy (non-hydrogen) atoms. The summed E-state index contributed by atoms with van der Waals surface area (Å²) in [5, 5.41) is 8.73. The molecule has 118 valence electrons. The number of nitrogens with one attached hydrogen (secondary N) is 1. The molecule has 0 saturated heterocycles. The molecule has 0 saturated carbocycles. The molecular formula is C16H30ClNO2. The van der Waals surface area contributed by atoms with Crippen molar-refractivity contribution in [3.05, 3.63) is 35.9 Å². The summed E-state index contributed by atoms with van der Waals surface area (Å²) in [6, 6.07) is 10.5. The molecule has 0 heterocycles. The van der Waals surface area contributed by atoms with Gasteiger partial charge in [-0.2, -0.15) is 0 Å². The van der Waals surface area contributed by atoms with Gasteiger partial charge < -0.3 is 27.2 Å². The summed E-state index contributed by atoms with van der Waals surface area (Å²) < 4.78 is 5.09. The van der Waals surface area contributed by atoms with Crippen LogP contribution in [0.15, 0.2) is 30.3 Å². The van der Waals surface area contributed by atoms with E-state index in [-0.39, 0.29) is 18.5 Å². The van der Waals surface area contributed by atoms with E-state index >= 15 is 0 Å². The van der Waals surface area contributed by atoms with Crippen molar-refractivity contribution in [1.29, 1.82) is 0 Å². The highest BCUT2D eigenvalue weighted by Crippen LogP contribution is 1.94. The first-order valence-corrected chi connectivity index (χ1v) is 7.15. The van der Waals surface area contributed by atoms with Crippen molar-refractivity contribution in [2.45, 2.75) is 39.3 Å². The van der Waals surface area contributed by atoms with Crippen LogP contribution in [0, 0.1) is 0 Å². The van der Waals surface area contributed by atoms with Crippen LogP contribution in [-0.2, 0) is 11.3 Å². The number of hydrogen-bond donors (Lipinski definition) is 2. The summed E-state index contributed by atoms with van der Waals surface area (Å²) >= 11 is 0. The average molecular weight is 304 g/mol. The molecule has 1 aromatic rings. The van der Waals surface area contributed by atoms with E-state index < -0.39 is 0 Å². The van der Waals surface area contributed by atoms with Gasteiger partial charge in [-0.05, 0) is 13.3 Å². The van der Waals surface area contributed by atoms with E-state index in [0.29, 0.717) is 6.61 Å². The van der Waals surface area contributed by atoms with Crippen LogP contribution in [0.5, 0.6) is 0 Å². The zero-order valence-electron chi connectivity index (χ0n) is 13.2. The molecule has 0 bridgehead atoms. The van der Waals surface area contributed by atoms with E-state index in [4.69, 9.17) is 9.84 Å². The summed E-state index contributed by atoms with van der Waals surface area (Å²) in [6.07, 6.45) is 1.92. The topological polar surface area (TPSA) is 33.9 Å². The van der Waals surface area contributed by atoms with E-state index in [1.807, 2.05) is 0 Å². The van der Waals surface area contributed by atoms with Crippen LogP contribution < -0.4 is 17.3 Å². The van der Waals surface area contributed by atoms with E-state index in [1.54, 1.807) is 6.92 Å². The molecule has 1 aromatic carbocycles. The number of quaternary nitrogens is 1. The lowest BCUT2D eigenvalue weighted by atomic mass is 10.2. The standard InChI is InChI=1S/C9H13N.C7H16O2.ClH/c1-10(2)8-9-6-4-3-5-7-9;1-3-4-5-9-6-7(2)8;/h3-7H,8H2,1-2H3;7-8H,3-6H2,1-2H3;1H. The third-order valence-corrected chi connectivity index (χ3v) is 2.40. The summed E-state index contributed by atoms with van der Waals surface area (Å²) in [6.45, 7) is 6.21. The molecule has 0 radical (unpaired) electrons. The van der Waals surface area contributed by atoms with Gasteiger partial charge in [0.05, 0.1) is 26.8 Å². The number of benzene rings is 1. The second-order valence-corrected chi connectivity index (χ2v) is 5.15. The molecule has 1 unspecified atom stereocenters. The average Bonchev–Trinajstić information content (AvgIpc) is 2.36. The first kappa shape index (κ1) is 21.7. The number of ether oxygens (including phenoxy) is 1. The van der Waals surface area contributed by atoms with E-state index in [1.165, 1.54) is 10.5 Å². The molecule has 0 fully saturated rings. The number of halogens is 1. The Morgan fingerprint density at radius 2 is 1.80 bits per heavy atom. The van der Waals surface area contributed by atoms with E-state index in [2.05, 4.69) is 51.4 Å². The molecule has 0 aliphatic rings. The van der Waals surface area contributed by atoms with Crippen LogP contribution in [0.1, 0.15) is 32.3 Å². The molecule has 0 aromatic heterocycles. The van der Waals surface area contributed by atoms with Gasteiger partial charge in [0.1, 0.15) is 6.54 Å². The summed E-state index contributed by atoms with van der Waals surface area (Å²) in [4.78, 5) is 1.46. The Labute approximate surface area is 130 Å². The molecular weight excluding hydrogens is 274 g/mol. The van der Waals surface area contributed by atoms with Crippen LogP contribution in [0.2, 0.25) is 0 Å². The fourth-order valence-corrected chi connectivity index (χ4v) is 1.50. The van der Waals surface area contributed by atoms with Gasteiger partial charge in [-0.15, -0.1) is 0 Å². The molecule has 0 aliphatic heterocycles. The minimum absolute atomic E-state index is 0. The van der Waals surface area contributed by atoms with Crippen molar-refractivity contribution in [1.82, 2.24) is 0 Å². The van der Waals surface area contributed by atoms with E-state index in [9.17, 15) is 0 Å². The third kappa shape index (κ3) is 15.4. The Hall–Kier alpha value is -0.610. The smallest absolute Gasteiger partial charge is 0.102 e. The predicted molar refractivity (Wildman–Crippen MR) is 80.4 cm³/mol. The number of aliphatic hydroxyl groups is 1. The fourth-order valence-electron chi connectivity index (χ4n) is 1.50. The number of hydrogen-bond acceptors (Lipinski definition) is 2. The van der Waals surface area contributed by atoms with Gasteiger partial charge in [0.15, 0.2) is 0 Å². The molecule has 0 aliphatic carbocycles. The van der Waals surface area contributed by atoms with Crippen molar-refractivity contribution in [3.8, 4) is 0 Å². The molecule has 4 heteroatoms. The Bertz CT molecular complexity index is 292. The maximum Gasteiger partial charge on any atom is 0.102 e. The highest BCUT2D eigenvalue weighted by Gasteiger charge is 1.94. The zero-order valence-corrected chi connectivity index (χ0v) is 14.0. The Balaban J connectivity index is 0.